The van der Waals surface area contributed by atoms with Gasteiger partial charge in [-0.1, -0.05) is 111 Å². The van der Waals surface area contributed by atoms with Gasteiger partial charge in [-0.25, -0.2) is 0 Å². The molecule has 0 aliphatic heterocycles. The van der Waals surface area contributed by atoms with Crippen molar-refractivity contribution in [2.24, 2.45) is 16.9 Å². The number of aliphatic hydroxyl groups is 1. The number of hydrogen-bond donors (Lipinski definition) is 3. The lowest BCUT2D eigenvalue weighted by Crippen LogP contribution is -2.32. The van der Waals surface area contributed by atoms with Crippen molar-refractivity contribution < 1.29 is 5.11 Å². The molecule has 0 aromatic heterocycles. The first-order valence-corrected chi connectivity index (χ1v) is 11.7. The van der Waals surface area contributed by atoms with Crippen LogP contribution in [0.15, 0.2) is 146 Å². The van der Waals surface area contributed by atoms with E-state index in [1.807, 2.05) is 36.5 Å². The van der Waals surface area contributed by atoms with Gasteiger partial charge in [0.1, 0.15) is 0 Å². The molecule has 0 aromatic rings. The minimum absolute atomic E-state index is 0.290. The Kier molecular flexibility index (Phi) is 11.8. The van der Waals surface area contributed by atoms with Crippen molar-refractivity contribution in [3.05, 3.63) is 146 Å². The SMILES string of the molecule is C=C(N)/C=C\C(=C)CC(=C)/C=C\C(=C)C1(C(=C)/C=C\C(=C)CC(=C)/C=C\C(=C)N)CCC(O)CC1. The van der Waals surface area contributed by atoms with Crippen molar-refractivity contribution >= 4 is 0 Å². The van der Waals surface area contributed by atoms with Gasteiger partial charge in [0, 0.05) is 16.8 Å². The van der Waals surface area contributed by atoms with Crippen molar-refractivity contribution in [2.75, 3.05) is 0 Å². The van der Waals surface area contributed by atoms with E-state index in [2.05, 4.69) is 52.6 Å². The predicted octanol–water partition coefficient (Wildman–Crippen LogP) is 7.19. The average molecular weight is 471 g/mol. The van der Waals surface area contributed by atoms with Gasteiger partial charge in [-0.2, -0.15) is 0 Å². The van der Waals surface area contributed by atoms with Crippen LogP contribution in [0.25, 0.3) is 0 Å². The molecule has 0 unspecified atom stereocenters. The Morgan fingerprint density at radius 3 is 1.23 bits per heavy atom. The zero-order valence-electron chi connectivity index (χ0n) is 21.2. The van der Waals surface area contributed by atoms with E-state index in [0.29, 0.717) is 37.1 Å². The maximum Gasteiger partial charge on any atom is 0.0541 e. The quantitative estimate of drug-likeness (QED) is 0.235. The molecule has 0 spiro atoms. The second kappa shape index (κ2) is 14.0. The highest BCUT2D eigenvalue weighted by Crippen LogP contribution is 2.48. The maximum atomic E-state index is 10.1. The van der Waals surface area contributed by atoms with Gasteiger partial charge in [0.05, 0.1) is 6.10 Å². The van der Waals surface area contributed by atoms with Gasteiger partial charge in [0.2, 0.25) is 0 Å². The summed E-state index contributed by atoms with van der Waals surface area (Å²) in [6.45, 7) is 32.4. The first kappa shape index (κ1) is 29.5. The van der Waals surface area contributed by atoms with Crippen molar-refractivity contribution in [3.8, 4) is 0 Å². The summed E-state index contributed by atoms with van der Waals surface area (Å²) in [5, 5.41) is 10.1. The normalized spacial score (nSPS) is 16.1. The van der Waals surface area contributed by atoms with E-state index < -0.39 is 0 Å². The van der Waals surface area contributed by atoms with Gasteiger partial charge in [-0.3, -0.25) is 0 Å². The van der Waals surface area contributed by atoms with E-state index in [4.69, 9.17) is 11.5 Å². The van der Waals surface area contributed by atoms with Crippen LogP contribution >= 0.6 is 0 Å². The third-order valence-corrected chi connectivity index (χ3v) is 6.05. The van der Waals surface area contributed by atoms with E-state index in [1.54, 1.807) is 12.2 Å². The van der Waals surface area contributed by atoms with Crippen LogP contribution in [0, 0.1) is 5.41 Å². The van der Waals surface area contributed by atoms with Gasteiger partial charge in [-0.05, 0) is 61.8 Å². The summed E-state index contributed by atoms with van der Waals surface area (Å²) in [6.07, 6.45) is 19.0. The minimum atomic E-state index is -0.324. The van der Waals surface area contributed by atoms with Gasteiger partial charge in [0.15, 0.2) is 0 Å². The highest BCUT2D eigenvalue weighted by molar-refractivity contribution is 5.43. The highest BCUT2D eigenvalue weighted by atomic mass is 16.3. The van der Waals surface area contributed by atoms with Gasteiger partial charge < -0.3 is 16.6 Å². The van der Waals surface area contributed by atoms with Crippen LogP contribution in [0.3, 0.4) is 0 Å². The predicted molar refractivity (Wildman–Crippen MR) is 154 cm³/mol. The molecule has 1 aliphatic carbocycles. The van der Waals surface area contributed by atoms with Crippen LogP contribution in [0.4, 0.5) is 0 Å². The Morgan fingerprint density at radius 2 is 0.914 bits per heavy atom. The monoisotopic (exact) mass is 470 g/mol. The smallest absolute Gasteiger partial charge is 0.0541 e. The molecule has 0 bridgehead atoms. The standard InChI is InChI=1S/C32H42N2O/c1-23(21-25(3)11-15-29(7)33)9-13-27(5)32(19-17-31(35)18-20-32)28(6)14-10-24(2)22-26(4)12-16-30(8)34/h9-16,31,35H,1-8,17-22,33-34H2/b13-9-,14-10-,15-11-,16-12-. The van der Waals surface area contributed by atoms with Crippen LogP contribution in [0.1, 0.15) is 38.5 Å². The minimum Gasteiger partial charge on any atom is -0.399 e. The van der Waals surface area contributed by atoms with E-state index in [0.717, 1.165) is 46.3 Å². The Hall–Kier alpha value is -3.56. The lowest BCUT2D eigenvalue weighted by molar-refractivity contribution is 0.0954. The molecule has 0 amide bonds. The Balaban J connectivity index is 2.94. The summed E-state index contributed by atoms with van der Waals surface area (Å²) in [5.41, 5.74) is 17.3. The third kappa shape index (κ3) is 10.5. The van der Waals surface area contributed by atoms with Gasteiger partial charge in [-0.15, -0.1) is 0 Å². The highest BCUT2D eigenvalue weighted by Gasteiger charge is 2.37. The van der Waals surface area contributed by atoms with Crippen molar-refractivity contribution in [3.63, 3.8) is 0 Å². The molecular weight excluding hydrogens is 428 g/mol. The van der Waals surface area contributed by atoms with Crippen LogP contribution in [-0.2, 0) is 0 Å². The molecule has 35 heavy (non-hydrogen) atoms. The molecule has 1 saturated carbocycles. The van der Waals surface area contributed by atoms with E-state index >= 15 is 0 Å². The zero-order chi connectivity index (χ0) is 26.6. The molecule has 186 valence electrons. The molecule has 1 aliphatic rings. The van der Waals surface area contributed by atoms with E-state index in [9.17, 15) is 5.11 Å². The number of aliphatic hydroxyl groups excluding tert-OH is 1. The fraction of sp³-hybridized carbons (Fsp3) is 0.250. The molecule has 0 radical (unpaired) electrons. The van der Waals surface area contributed by atoms with Crippen LogP contribution in [0.5, 0.6) is 0 Å². The van der Waals surface area contributed by atoms with Gasteiger partial charge >= 0.3 is 0 Å². The molecule has 1 rings (SSSR count). The molecule has 0 heterocycles. The first-order valence-electron chi connectivity index (χ1n) is 11.7. The summed E-state index contributed by atoms with van der Waals surface area (Å²) >= 11 is 0. The van der Waals surface area contributed by atoms with E-state index in [-0.39, 0.29) is 11.5 Å². The largest absolute Gasteiger partial charge is 0.399 e. The molecule has 0 atom stereocenters. The first-order chi connectivity index (χ1) is 16.4. The molecule has 3 nitrogen and oxygen atoms in total. The molecule has 3 heteroatoms. The summed E-state index contributed by atoms with van der Waals surface area (Å²) in [4.78, 5) is 0. The second-order valence-electron chi connectivity index (χ2n) is 9.33. The number of hydrogen-bond acceptors (Lipinski definition) is 3. The summed E-state index contributed by atoms with van der Waals surface area (Å²) in [5.74, 6) is 0. The second-order valence-corrected chi connectivity index (χ2v) is 9.33. The number of rotatable bonds is 14. The lowest BCUT2D eigenvalue weighted by atomic mass is 9.64. The van der Waals surface area contributed by atoms with Crippen LogP contribution < -0.4 is 11.5 Å². The average Bonchev–Trinajstić information content (AvgIpc) is 2.79. The summed E-state index contributed by atoms with van der Waals surface area (Å²) < 4.78 is 0. The third-order valence-electron chi connectivity index (χ3n) is 6.05. The molecule has 0 saturated heterocycles. The summed E-state index contributed by atoms with van der Waals surface area (Å²) in [7, 11) is 0. The van der Waals surface area contributed by atoms with Crippen molar-refractivity contribution in [1.82, 2.24) is 0 Å². The number of allylic oxidation sites excluding steroid dienone is 14. The number of nitrogens with two attached hydrogens (primary N) is 2. The topological polar surface area (TPSA) is 72.3 Å². The van der Waals surface area contributed by atoms with Crippen molar-refractivity contribution in [1.29, 1.82) is 0 Å². The molecule has 0 aromatic carbocycles. The molecule has 1 fully saturated rings. The fourth-order valence-corrected chi connectivity index (χ4v) is 3.97. The fourth-order valence-electron chi connectivity index (χ4n) is 3.97. The van der Waals surface area contributed by atoms with Crippen LogP contribution in [-0.4, -0.2) is 11.2 Å². The molecular formula is C32H42N2O. The Bertz CT molecular complexity index is 944. The summed E-state index contributed by atoms with van der Waals surface area (Å²) in [6, 6.07) is 0. The maximum absolute atomic E-state index is 10.1. The Labute approximate surface area is 212 Å². The zero-order valence-corrected chi connectivity index (χ0v) is 21.2. The Morgan fingerprint density at radius 1 is 0.600 bits per heavy atom. The lowest BCUT2D eigenvalue weighted by Gasteiger charge is -2.41. The van der Waals surface area contributed by atoms with Crippen molar-refractivity contribution in [2.45, 2.75) is 44.6 Å². The molecule has 5 N–H and O–H groups in total. The van der Waals surface area contributed by atoms with Gasteiger partial charge in [0.25, 0.3) is 0 Å². The van der Waals surface area contributed by atoms with E-state index in [1.165, 1.54) is 0 Å². The van der Waals surface area contributed by atoms with Crippen LogP contribution in [0.2, 0.25) is 0 Å².